The Labute approximate surface area is 82.3 Å². The van der Waals surface area contributed by atoms with E-state index in [-0.39, 0.29) is 6.04 Å². The first-order chi connectivity index (χ1) is 6.66. The van der Waals surface area contributed by atoms with Crippen LogP contribution in [0.1, 0.15) is 15.9 Å². The molecule has 0 saturated carbocycles. The number of hydrogen-bond donors (Lipinski definition) is 3. The molecular weight excluding hydrogens is 178 g/mol. The third kappa shape index (κ3) is 1.56. The normalized spacial score (nSPS) is 19.6. The van der Waals surface area contributed by atoms with Gasteiger partial charge in [0.15, 0.2) is 0 Å². The molecule has 0 aromatic heterocycles. The Balaban J connectivity index is 2.36. The van der Waals surface area contributed by atoms with Crippen molar-refractivity contribution in [1.82, 2.24) is 0 Å². The smallest absolute Gasteiger partial charge is 0.248 e. The van der Waals surface area contributed by atoms with E-state index in [4.69, 9.17) is 11.5 Å². The highest BCUT2D eigenvalue weighted by Gasteiger charge is 2.15. The maximum Gasteiger partial charge on any atom is 0.248 e. The standard InChI is InChI=1S/C10H13N3O/c11-8-3-6-1-2-7(10(12)14)4-9(6)13-5-8/h1-2,4,8,13H,3,5,11H2,(H2,12,14)/t8-/m1/s1. The number of hydrogen-bond acceptors (Lipinski definition) is 3. The van der Waals surface area contributed by atoms with Crippen LogP contribution in [-0.4, -0.2) is 18.5 Å². The summed E-state index contributed by atoms with van der Waals surface area (Å²) in [5, 5.41) is 3.17. The molecular formula is C10H13N3O. The summed E-state index contributed by atoms with van der Waals surface area (Å²) in [5.74, 6) is -0.399. The van der Waals surface area contributed by atoms with E-state index in [2.05, 4.69) is 5.32 Å². The Morgan fingerprint density at radius 2 is 2.29 bits per heavy atom. The molecule has 14 heavy (non-hydrogen) atoms. The van der Waals surface area contributed by atoms with Crippen LogP contribution in [0, 0.1) is 0 Å². The number of carbonyl (C=O) groups excluding carboxylic acids is 1. The third-order valence-electron chi connectivity index (χ3n) is 2.43. The topological polar surface area (TPSA) is 81.1 Å². The van der Waals surface area contributed by atoms with Gasteiger partial charge in [0.25, 0.3) is 0 Å². The third-order valence-corrected chi connectivity index (χ3v) is 2.43. The number of amides is 1. The Bertz CT molecular complexity index is 376. The molecule has 1 aliphatic heterocycles. The SMILES string of the molecule is NC(=O)c1ccc2c(c1)NC[C@H](N)C2. The van der Waals surface area contributed by atoms with Gasteiger partial charge in [-0.1, -0.05) is 6.07 Å². The molecule has 1 amide bonds. The van der Waals surface area contributed by atoms with E-state index in [0.717, 1.165) is 24.2 Å². The van der Waals surface area contributed by atoms with Crippen LogP contribution in [-0.2, 0) is 6.42 Å². The molecule has 4 heteroatoms. The lowest BCUT2D eigenvalue weighted by Crippen LogP contribution is -2.35. The molecule has 1 atom stereocenters. The highest BCUT2D eigenvalue weighted by atomic mass is 16.1. The predicted molar refractivity (Wildman–Crippen MR) is 55.1 cm³/mol. The summed E-state index contributed by atoms with van der Waals surface area (Å²) >= 11 is 0. The largest absolute Gasteiger partial charge is 0.383 e. The molecule has 4 nitrogen and oxygen atoms in total. The summed E-state index contributed by atoms with van der Waals surface area (Å²) in [5.41, 5.74) is 13.6. The van der Waals surface area contributed by atoms with Gasteiger partial charge < -0.3 is 16.8 Å². The molecule has 0 aliphatic carbocycles. The maximum absolute atomic E-state index is 10.9. The van der Waals surface area contributed by atoms with Crippen LogP contribution in [0.2, 0.25) is 0 Å². The van der Waals surface area contributed by atoms with Crippen molar-refractivity contribution < 1.29 is 4.79 Å². The molecule has 0 unspecified atom stereocenters. The predicted octanol–water partition coefficient (Wildman–Crippen LogP) is 0.0808. The number of fused-ring (bicyclic) bond motifs is 1. The van der Waals surface area contributed by atoms with Crippen molar-refractivity contribution in [1.29, 1.82) is 0 Å². The summed E-state index contributed by atoms with van der Waals surface area (Å²) < 4.78 is 0. The second-order valence-electron chi connectivity index (χ2n) is 3.58. The second kappa shape index (κ2) is 3.31. The Kier molecular flexibility index (Phi) is 2.13. The molecule has 1 aromatic rings. The van der Waals surface area contributed by atoms with Crippen LogP contribution < -0.4 is 16.8 Å². The van der Waals surface area contributed by atoms with Crippen molar-refractivity contribution in [3.63, 3.8) is 0 Å². The van der Waals surface area contributed by atoms with Crippen LogP contribution in [0.3, 0.4) is 0 Å². The van der Waals surface area contributed by atoms with Crippen molar-refractivity contribution in [3.8, 4) is 0 Å². The van der Waals surface area contributed by atoms with E-state index >= 15 is 0 Å². The van der Waals surface area contributed by atoms with Crippen molar-refractivity contribution in [2.45, 2.75) is 12.5 Å². The van der Waals surface area contributed by atoms with Gasteiger partial charge in [0.05, 0.1) is 0 Å². The number of benzene rings is 1. The van der Waals surface area contributed by atoms with Gasteiger partial charge >= 0.3 is 0 Å². The fourth-order valence-electron chi connectivity index (χ4n) is 1.67. The van der Waals surface area contributed by atoms with E-state index in [1.807, 2.05) is 6.07 Å². The highest BCUT2D eigenvalue weighted by Crippen LogP contribution is 2.22. The Morgan fingerprint density at radius 3 is 3.00 bits per heavy atom. The van der Waals surface area contributed by atoms with Crippen molar-refractivity contribution in [2.75, 3.05) is 11.9 Å². The number of anilines is 1. The summed E-state index contributed by atoms with van der Waals surface area (Å²) in [6.45, 7) is 0.745. The van der Waals surface area contributed by atoms with Gasteiger partial charge in [-0.3, -0.25) is 4.79 Å². The average Bonchev–Trinajstić information content (AvgIpc) is 2.16. The fraction of sp³-hybridized carbons (Fsp3) is 0.300. The number of primary amides is 1. The fourth-order valence-corrected chi connectivity index (χ4v) is 1.67. The van der Waals surface area contributed by atoms with E-state index in [1.54, 1.807) is 12.1 Å². The first-order valence-corrected chi connectivity index (χ1v) is 4.59. The number of carbonyl (C=O) groups is 1. The van der Waals surface area contributed by atoms with E-state index in [1.165, 1.54) is 0 Å². The molecule has 74 valence electrons. The van der Waals surface area contributed by atoms with Crippen LogP contribution in [0.4, 0.5) is 5.69 Å². The maximum atomic E-state index is 10.9. The molecule has 0 saturated heterocycles. The zero-order chi connectivity index (χ0) is 10.1. The number of nitrogens with one attached hydrogen (secondary N) is 1. The first-order valence-electron chi connectivity index (χ1n) is 4.59. The lowest BCUT2D eigenvalue weighted by molar-refractivity contribution is 0.100. The summed E-state index contributed by atoms with van der Waals surface area (Å²) in [4.78, 5) is 10.9. The van der Waals surface area contributed by atoms with Crippen molar-refractivity contribution >= 4 is 11.6 Å². The van der Waals surface area contributed by atoms with E-state index in [9.17, 15) is 4.79 Å². The highest BCUT2D eigenvalue weighted by molar-refractivity contribution is 5.94. The lowest BCUT2D eigenvalue weighted by Gasteiger charge is -2.23. The van der Waals surface area contributed by atoms with Gasteiger partial charge in [-0.2, -0.15) is 0 Å². The Hall–Kier alpha value is -1.55. The molecule has 0 radical (unpaired) electrons. The first kappa shape index (κ1) is 9.02. The molecule has 0 spiro atoms. The zero-order valence-electron chi connectivity index (χ0n) is 7.79. The van der Waals surface area contributed by atoms with E-state index < -0.39 is 5.91 Å². The van der Waals surface area contributed by atoms with Crippen LogP contribution >= 0.6 is 0 Å². The van der Waals surface area contributed by atoms with Gasteiger partial charge in [0.2, 0.25) is 5.91 Å². The summed E-state index contributed by atoms with van der Waals surface area (Å²) in [6, 6.07) is 5.58. The molecule has 1 aromatic carbocycles. The summed E-state index contributed by atoms with van der Waals surface area (Å²) in [6.07, 6.45) is 0.849. The minimum absolute atomic E-state index is 0.155. The molecule has 2 rings (SSSR count). The Morgan fingerprint density at radius 1 is 1.50 bits per heavy atom. The number of nitrogens with two attached hydrogens (primary N) is 2. The van der Waals surface area contributed by atoms with Gasteiger partial charge in [-0.05, 0) is 24.1 Å². The zero-order valence-corrected chi connectivity index (χ0v) is 7.79. The van der Waals surface area contributed by atoms with Gasteiger partial charge in [-0.25, -0.2) is 0 Å². The molecule has 1 aliphatic rings. The second-order valence-corrected chi connectivity index (χ2v) is 3.58. The molecule has 0 bridgehead atoms. The van der Waals surface area contributed by atoms with Crippen LogP contribution in [0.15, 0.2) is 18.2 Å². The van der Waals surface area contributed by atoms with Crippen molar-refractivity contribution in [3.05, 3.63) is 29.3 Å². The van der Waals surface area contributed by atoms with Gasteiger partial charge in [0, 0.05) is 23.8 Å². The van der Waals surface area contributed by atoms with E-state index in [0.29, 0.717) is 5.56 Å². The quantitative estimate of drug-likeness (QED) is 0.588. The van der Waals surface area contributed by atoms with Crippen molar-refractivity contribution in [2.24, 2.45) is 11.5 Å². The van der Waals surface area contributed by atoms with Gasteiger partial charge in [0.1, 0.15) is 0 Å². The summed E-state index contributed by atoms with van der Waals surface area (Å²) in [7, 11) is 0. The lowest BCUT2D eigenvalue weighted by atomic mass is 9.98. The average molecular weight is 191 g/mol. The minimum Gasteiger partial charge on any atom is -0.383 e. The monoisotopic (exact) mass is 191 g/mol. The molecule has 1 heterocycles. The minimum atomic E-state index is -0.399. The molecule has 0 fully saturated rings. The number of rotatable bonds is 1. The van der Waals surface area contributed by atoms with Crippen LogP contribution in [0.5, 0.6) is 0 Å². The van der Waals surface area contributed by atoms with Gasteiger partial charge in [-0.15, -0.1) is 0 Å². The molecule has 5 N–H and O–H groups in total. The van der Waals surface area contributed by atoms with Crippen LogP contribution in [0.25, 0.3) is 0 Å².